The highest BCUT2D eigenvalue weighted by Crippen LogP contribution is 2.26. The van der Waals surface area contributed by atoms with Gasteiger partial charge in [-0.05, 0) is 19.4 Å². The van der Waals surface area contributed by atoms with Crippen molar-refractivity contribution in [2.45, 2.75) is 32.7 Å². The number of hydrogen-bond donors (Lipinski definition) is 2. The fourth-order valence-corrected chi connectivity index (χ4v) is 1.71. The molecule has 1 aromatic rings. The first-order valence-corrected chi connectivity index (χ1v) is 5.68. The van der Waals surface area contributed by atoms with E-state index in [9.17, 15) is 14.9 Å². The summed E-state index contributed by atoms with van der Waals surface area (Å²) < 4.78 is 0. The number of nitro groups is 1. The summed E-state index contributed by atoms with van der Waals surface area (Å²) in [6.45, 7) is 3.52. The van der Waals surface area contributed by atoms with Crippen molar-refractivity contribution in [3.8, 4) is 0 Å². The van der Waals surface area contributed by atoms with Gasteiger partial charge in [-0.1, -0.05) is 13.0 Å². The average molecular weight is 252 g/mol. The van der Waals surface area contributed by atoms with Crippen LogP contribution < -0.4 is 5.32 Å². The molecule has 0 fully saturated rings. The van der Waals surface area contributed by atoms with Gasteiger partial charge in [-0.15, -0.1) is 0 Å². The molecule has 0 aliphatic rings. The second kappa shape index (κ2) is 6.00. The van der Waals surface area contributed by atoms with Crippen LogP contribution in [0.1, 0.15) is 25.3 Å². The van der Waals surface area contributed by atoms with Crippen molar-refractivity contribution in [2.24, 2.45) is 0 Å². The third-order valence-corrected chi connectivity index (χ3v) is 2.78. The fourth-order valence-electron chi connectivity index (χ4n) is 1.71. The van der Waals surface area contributed by atoms with E-state index in [1.54, 1.807) is 19.1 Å². The molecule has 0 spiro atoms. The Balaban J connectivity index is 2.93. The molecule has 0 saturated carbocycles. The Hall–Kier alpha value is -2.11. The van der Waals surface area contributed by atoms with Gasteiger partial charge in [0, 0.05) is 23.4 Å². The standard InChI is InChI=1S/C12H16N2O4/c1-3-9(7-12(15)16)13-10-5-4-6-11(8(10)2)14(17)18/h4-6,9,13H,3,7H2,1-2H3,(H,15,16). The van der Waals surface area contributed by atoms with E-state index in [1.807, 2.05) is 6.92 Å². The van der Waals surface area contributed by atoms with Crippen LogP contribution in [0.25, 0.3) is 0 Å². The SMILES string of the molecule is CCC(CC(=O)O)Nc1cccc([N+](=O)[O-])c1C. The van der Waals surface area contributed by atoms with Crippen molar-refractivity contribution in [1.82, 2.24) is 0 Å². The molecule has 1 unspecified atom stereocenters. The van der Waals surface area contributed by atoms with Gasteiger partial charge >= 0.3 is 5.97 Å². The predicted molar refractivity (Wildman–Crippen MR) is 67.8 cm³/mol. The van der Waals surface area contributed by atoms with E-state index in [0.29, 0.717) is 17.7 Å². The Morgan fingerprint density at radius 2 is 2.22 bits per heavy atom. The molecule has 0 bridgehead atoms. The molecule has 6 heteroatoms. The Kier molecular flexibility index (Phi) is 4.65. The second-order valence-corrected chi connectivity index (χ2v) is 4.05. The van der Waals surface area contributed by atoms with Gasteiger partial charge in [0.15, 0.2) is 0 Å². The molecule has 0 heterocycles. The molecule has 0 saturated heterocycles. The minimum Gasteiger partial charge on any atom is -0.481 e. The van der Waals surface area contributed by atoms with E-state index in [0.717, 1.165) is 0 Å². The highest BCUT2D eigenvalue weighted by atomic mass is 16.6. The average Bonchev–Trinajstić information content (AvgIpc) is 2.29. The van der Waals surface area contributed by atoms with Crippen LogP contribution in [0.5, 0.6) is 0 Å². The number of nitrogens with zero attached hydrogens (tertiary/aromatic N) is 1. The molecular weight excluding hydrogens is 236 g/mol. The van der Waals surface area contributed by atoms with Crippen molar-refractivity contribution in [2.75, 3.05) is 5.32 Å². The molecule has 2 N–H and O–H groups in total. The van der Waals surface area contributed by atoms with Crippen molar-refractivity contribution in [1.29, 1.82) is 0 Å². The van der Waals surface area contributed by atoms with Gasteiger partial charge in [0.05, 0.1) is 11.3 Å². The Morgan fingerprint density at radius 1 is 1.56 bits per heavy atom. The number of aliphatic carboxylic acids is 1. The zero-order chi connectivity index (χ0) is 13.7. The van der Waals surface area contributed by atoms with Crippen molar-refractivity contribution in [3.05, 3.63) is 33.9 Å². The van der Waals surface area contributed by atoms with Gasteiger partial charge in [-0.2, -0.15) is 0 Å². The third kappa shape index (κ3) is 3.44. The number of benzene rings is 1. The molecule has 98 valence electrons. The first-order valence-electron chi connectivity index (χ1n) is 5.68. The highest BCUT2D eigenvalue weighted by molar-refractivity contribution is 5.69. The summed E-state index contributed by atoms with van der Waals surface area (Å²) in [5, 5.41) is 22.6. The molecular formula is C12H16N2O4. The fraction of sp³-hybridized carbons (Fsp3) is 0.417. The van der Waals surface area contributed by atoms with Crippen LogP contribution in [0.3, 0.4) is 0 Å². The highest BCUT2D eigenvalue weighted by Gasteiger charge is 2.16. The third-order valence-electron chi connectivity index (χ3n) is 2.78. The lowest BCUT2D eigenvalue weighted by Gasteiger charge is -2.17. The quantitative estimate of drug-likeness (QED) is 0.599. The van der Waals surface area contributed by atoms with Gasteiger partial charge < -0.3 is 10.4 Å². The summed E-state index contributed by atoms with van der Waals surface area (Å²) in [6, 6.07) is 4.50. The Labute approximate surface area is 105 Å². The van der Waals surface area contributed by atoms with Crippen molar-refractivity contribution < 1.29 is 14.8 Å². The molecule has 0 aliphatic heterocycles. The van der Waals surface area contributed by atoms with Crippen LogP contribution in [0.4, 0.5) is 11.4 Å². The number of nitro benzene ring substituents is 1. The molecule has 1 rings (SSSR count). The summed E-state index contributed by atoms with van der Waals surface area (Å²) in [4.78, 5) is 21.0. The normalized spacial score (nSPS) is 11.9. The number of carbonyl (C=O) groups is 1. The number of rotatable bonds is 6. The van der Waals surface area contributed by atoms with E-state index >= 15 is 0 Å². The van der Waals surface area contributed by atoms with E-state index in [4.69, 9.17) is 5.11 Å². The number of anilines is 1. The van der Waals surface area contributed by atoms with Gasteiger partial charge in [-0.3, -0.25) is 14.9 Å². The van der Waals surface area contributed by atoms with Crippen molar-refractivity contribution in [3.63, 3.8) is 0 Å². The summed E-state index contributed by atoms with van der Waals surface area (Å²) in [7, 11) is 0. The molecule has 0 aromatic heterocycles. The Bertz CT molecular complexity index is 459. The van der Waals surface area contributed by atoms with E-state index in [-0.39, 0.29) is 18.2 Å². The lowest BCUT2D eigenvalue weighted by Crippen LogP contribution is -2.22. The van der Waals surface area contributed by atoms with Crippen LogP contribution in [0, 0.1) is 17.0 Å². The molecule has 0 amide bonds. The molecule has 1 aromatic carbocycles. The lowest BCUT2D eigenvalue weighted by atomic mass is 10.1. The van der Waals surface area contributed by atoms with Crippen LogP contribution in [-0.2, 0) is 4.79 Å². The van der Waals surface area contributed by atoms with E-state index in [2.05, 4.69) is 5.32 Å². The summed E-state index contributed by atoms with van der Waals surface area (Å²) in [6.07, 6.45) is 0.618. The summed E-state index contributed by atoms with van der Waals surface area (Å²) in [5.41, 5.74) is 1.16. The van der Waals surface area contributed by atoms with Gasteiger partial charge in [0.25, 0.3) is 5.69 Å². The van der Waals surface area contributed by atoms with Crippen LogP contribution >= 0.6 is 0 Å². The maximum absolute atomic E-state index is 10.8. The zero-order valence-electron chi connectivity index (χ0n) is 10.3. The maximum atomic E-state index is 10.8. The second-order valence-electron chi connectivity index (χ2n) is 4.05. The maximum Gasteiger partial charge on any atom is 0.305 e. The minimum atomic E-state index is -0.891. The number of hydrogen-bond acceptors (Lipinski definition) is 4. The number of nitrogens with one attached hydrogen (secondary N) is 1. The summed E-state index contributed by atoms with van der Waals surface area (Å²) >= 11 is 0. The molecule has 6 nitrogen and oxygen atoms in total. The molecule has 0 radical (unpaired) electrons. The van der Waals surface area contributed by atoms with Crippen LogP contribution in [0.15, 0.2) is 18.2 Å². The van der Waals surface area contributed by atoms with E-state index in [1.165, 1.54) is 6.07 Å². The number of carboxylic acid groups (broad SMARTS) is 1. The van der Waals surface area contributed by atoms with Crippen molar-refractivity contribution >= 4 is 17.3 Å². The van der Waals surface area contributed by atoms with Gasteiger partial charge in [-0.25, -0.2) is 0 Å². The molecule has 18 heavy (non-hydrogen) atoms. The first-order chi connectivity index (χ1) is 8.45. The minimum absolute atomic E-state index is 0.0152. The van der Waals surface area contributed by atoms with Crippen LogP contribution in [0.2, 0.25) is 0 Å². The van der Waals surface area contributed by atoms with E-state index < -0.39 is 10.9 Å². The zero-order valence-corrected chi connectivity index (χ0v) is 10.3. The van der Waals surface area contributed by atoms with Gasteiger partial charge in [0.2, 0.25) is 0 Å². The first kappa shape index (κ1) is 14.0. The smallest absolute Gasteiger partial charge is 0.305 e. The van der Waals surface area contributed by atoms with Gasteiger partial charge in [0.1, 0.15) is 0 Å². The Morgan fingerprint density at radius 3 is 2.72 bits per heavy atom. The lowest BCUT2D eigenvalue weighted by molar-refractivity contribution is -0.385. The number of carboxylic acids is 1. The topological polar surface area (TPSA) is 92.5 Å². The molecule has 0 aliphatic carbocycles. The largest absolute Gasteiger partial charge is 0.481 e. The summed E-state index contributed by atoms with van der Waals surface area (Å²) in [5.74, 6) is -0.891. The predicted octanol–water partition coefficient (Wildman–Crippen LogP) is 2.57. The van der Waals surface area contributed by atoms with Crippen LogP contribution in [-0.4, -0.2) is 22.0 Å². The molecule has 1 atom stereocenters. The monoisotopic (exact) mass is 252 g/mol.